The zero-order valence-electron chi connectivity index (χ0n) is 8.16. The maximum Gasteiger partial charge on any atom is 0.388 e. The highest BCUT2D eigenvalue weighted by molar-refractivity contribution is 8.12. The molecule has 0 heterocycles. The summed E-state index contributed by atoms with van der Waals surface area (Å²) in [5, 5.41) is -0.552. The molecule has 0 rings (SSSR count). The van der Waals surface area contributed by atoms with Gasteiger partial charge in [-0.1, -0.05) is 0 Å². The Hall–Kier alpha value is -1.04. The number of hydrogen-bond donors (Lipinski definition) is 1. The van der Waals surface area contributed by atoms with Gasteiger partial charge in [-0.2, -0.15) is 0 Å². The second kappa shape index (κ2) is 7.37. The quantitative estimate of drug-likeness (QED) is 0.569. The first-order valence-corrected chi connectivity index (χ1v) is 4.99. The normalized spacial score (nSPS) is 9.29. The highest BCUT2D eigenvalue weighted by Crippen LogP contribution is 2.01. The summed E-state index contributed by atoms with van der Waals surface area (Å²) in [6, 6.07) is 0. The Bertz CT molecular complexity index is 229. The number of carbonyl (C=O) groups excluding carboxylic acids is 3. The summed E-state index contributed by atoms with van der Waals surface area (Å²) < 4.78 is 6.83. The van der Waals surface area contributed by atoms with Crippen molar-refractivity contribution in [3.05, 3.63) is 0 Å². The summed E-state index contributed by atoms with van der Waals surface area (Å²) in [5.74, 6) is -0.403. The van der Waals surface area contributed by atoms with E-state index in [4.69, 9.17) is 0 Å². The van der Waals surface area contributed by atoms with Crippen LogP contribution in [-0.4, -0.2) is 23.6 Å². The molecule has 0 saturated carbocycles. The zero-order valence-corrected chi connectivity index (χ0v) is 8.98. The lowest BCUT2D eigenvalue weighted by molar-refractivity contribution is -0.123. The fourth-order valence-corrected chi connectivity index (χ4v) is 1.06. The van der Waals surface area contributed by atoms with Crippen molar-refractivity contribution in [1.29, 1.82) is 0 Å². The summed E-state index contributed by atoms with van der Waals surface area (Å²) in [6.45, 7) is 3.36. The molecule has 0 saturated heterocycles. The van der Waals surface area contributed by atoms with E-state index in [1.165, 1.54) is 6.92 Å². The molecule has 0 aromatic heterocycles. The predicted octanol–water partition coefficient (Wildman–Crippen LogP) is 1.28. The van der Waals surface area contributed by atoms with Crippen molar-refractivity contribution in [2.24, 2.45) is 0 Å². The molecule has 5 nitrogen and oxygen atoms in total. The van der Waals surface area contributed by atoms with Gasteiger partial charge in [-0.05, 0) is 13.8 Å². The molecule has 14 heavy (non-hydrogen) atoms. The molecule has 0 aromatic carbocycles. The van der Waals surface area contributed by atoms with Gasteiger partial charge >= 0.3 is 5.30 Å². The average molecular weight is 219 g/mol. The molecule has 0 aliphatic rings. The van der Waals surface area contributed by atoms with Crippen LogP contribution in [0.15, 0.2) is 0 Å². The number of rotatable bonds is 4. The molecule has 6 heteroatoms. The Morgan fingerprint density at radius 2 is 1.93 bits per heavy atom. The second-order valence-electron chi connectivity index (χ2n) is 2.51. The Morgan fingerprint density at radius 3 is 2.43 bits per heavy atom. The molecule has 0 bridgehead atoms. The van der Waals surface area contributed by atoms with Crippen molar-refractivity contribution in [2.45, 2.75) is 26.7 Å². The highest BCUT2D eigenvalue weighted by Gasteiger charge is 2.07. The van der Waals surface area contributed by atoms with Gasteiger partial charge in [-0.25, -0.2) is 4.79 Å². The lowest BCUT2D eigenvalue weighted by atomic mass is 10.2. The molecule has 0 radical (unpaired) electrons. The van der Waals surface area contributed by atoms with E-state index in [9.17, 15) is 14.4 Å². The fourth-order valence-electron chi connectivity index (χ4n) is 0.586. The lowest BCUT2D eigenvalue weighted by Crippen LogP contribution is -2.18. The maximum atomic E-state index is 11.0. The Kier molecular flexibility index (Phi) is 6.82. The number of nitrogens with one attached hydrogen (secondary N) is 1. The van der Waals surface area contributed by atoms with Crippen molar-refractivity contribution in [2.75, 3.05) is 6.61 Å². The van der Waals surface area contributed by atoms with Crippen LogP contribution in [0.4, 0.5) is 4.79 Å². The predicted molar refractivity (Wildman–Crippen MR) is 52.7 cm³/mol. The van der Waals surface area contributed by atoms with Gasteiger partial charge in [-0.3, -0.25) is 9.52 Å². The van der Waals surface area contributed by atoms with Crippen LogP contribution in [0, 0.1) is 0 Å². The van der Waals surface area contributed by atoms with Crippen molar-refractivity contribution >= 4 is 28.9 Å². The number of hydrogen-bond acceptors (Lipinski definition) is 5. The molecule has 0 fully saturated rings. The Balaban J connectivity index is 3.53. The first-order valence-electron chi connectivity index (χ1n) is 4.18. The SMILES string of the molecule is CCOC(=O)SNC(=O)CCC(C)=O. The van der Waals surface area contributed by atoms with E-state index < -0.39 is 5.30 Å². The van der Waals surface area contributed by atoms with Crippen LogP contribution < -0.4 is 4.72 Å². The van der Waals surface area contributed by atoms with Gasteiger partial charge in [0.2, 0.25) is 5.91 Å². The molecular formula is C8H13NO4S. The Labute approximate surface area is 86.7 Å². The van der Waals surface area contributed by atoms with Crippen LogP contribution in [0.3, 0.4) is 0 Å². The van der Waals surface area contributed by atoms with Gasteiger partial charge in [0, 0.05) is 12.8 Å². The van der Waals surface area contributed by atoms with E-state index in [0.717, 1.165) is 0 Å². The second-order valence-corrected chi connectivity index (χ2v) is 3.25. The minimum absolute atomic E-state index is 0.0544. The number of ketones is 1. The first kappa shape index (κ1) is 13.0. The van der Waals surface area contributed by atoms with Crippen LogP contribution in [0.5, 0.6) is 0 Å². The third kappa shape index (κ3) is 7.60. The van der Waals surface area contributed by atoms with Crippen LogP contribution in [-0.2, 0) is 14.3 Å². The standard InChI is InChI=1S/C8H13NO4S/c1-3-13-8(12)14-9-7(11)5-4-6(2)10/h3-5H2,1-2H3,(H,9,11). The van der Waals surface area contributed by atoms with Gasteiger partial charge in [0.1, 0.15) is 5.78 Å². The minimum atomic E-state index is -0.552. The first-order chi connectivity index (χ1) is 6.56. The average Bonchev–Trinajstić information content (AvgIpc) is 2.12. The van der Waals surface area contributed by atoms with Crippen LogP contribution >= 0.6 is 11.9 Å². The fraction of sp³-hybridized carbons (Fsp3) is 0.625. The van der Waals surface area contributed by atoms with Crippen molar-refractivity contribution in [3.8, 4) is 0 Å². The molecule has 0 atom stereocenters. The molecule has 0 aliphatic carbocycles. The molecular weight excluding hydrogens is 206 g/mol. The molecule has 0 aliphatic heterocycles. The third-order valence-electron chi connectivity index (χ3n) is 1.21. The molecule has 0 unspecified atom stereocenters. The lowest BCUT2D eigenvalue weighted by Gasteiger charge is -2.02. The van der Waals surface area contributed by atoms with Gasteiger partial charge in [0.25, 0.3) is 0 Å². The van der Waals surface area contributed by atoms with E-state index >= 15 is 0 Å². The van der Waals surface area contributed by atoms with Gasteiger partial charge in [0.05, 0.1) is 18.6 Å². The largest absolute Gasteiger partial charge is 0.457 e. The summed E-state index contributed by atoms with van der Waals surface area (Å²) in [7, 11) is 0. The number of amides is 1. The molecule has 1 N–H and O–H groups in total. The molecule has 0 spiro atoms. The summed E-state index contributed by atoms with van der Waals surface area (Å²) >= 11 is 0.589. The summed E-state index contributed by atoms with van der Waals surface area (Å²) in [6.07, 6.45) is 0.289. The summed E-state index contributed by atoms with van der Waals surface area (Å²) in [5.41, 5.74) is 0. The van der Waals surface area contributed by atoms with Gasteiger partial charge in [-0.15, -0.1) is 0 Å². The third-order valence-corrected chi connectivity index (χ3v) is 1.83. The smallest absolute Gasteiger partial charge is 0.388 e. The monoisotopic (exact) mass is 219 g/mol. The van der Waals surface area contributed by atoms with Crippen LogP contribution in [0.1, 0.15) is 26.7 Å². The molecule has 80 valence electrons. The minimum Gasteiger partial charge on any atom is -0.457 e. The van der Waals surface area contributed by atoms with Gasteiger partial charge < -0.3 is 9.53 Å². The number of ether oxygens (including phenoxy) is 1. The van der Waals surface area contributed by atoms with Gasteiger partial charge in [0.15, 0.2) is 0 Å². The summed E-state index contributed by atoms with van der Waals surface area (Å²) in [4.78, 5) is 32.2. The highest BCUT2D eigenvalue weighted by atomic mass is 32.2. The molecule has 1 amide bonds. The van der Waals surface area contributed by atoms with Crippen molar-refractivity contribution in [3.63, 3.8) is 0 Å². The van der Waals surface area contributed by atoms with Crippen molar-refractivity contribution in [1.82, 2.24) is 4.72 Å². The number of Topliss-reactive ketones (excluding diaryl/α,β-unsaturated/α-hetero) is 1. The van der Waals surface area contributed by atoms with E-state index in [1.54, 1.807) is 6.92 Å². The molecule has 0 aromatic rings. The maximum absolute atomic E-state index is 11.0. The zero-order chi connectivity index (χ0) is 11.0. The number of carbonyl (C=O) groups is 3. The van der Waals surface area contributed by atoms with Crippen LogP contribution in [0.2, 0.25) is 0 Å². The van der Waals surface area contributed by atoms with E-state index in [2.05, 4.69) is 9.46 Å². The van der Waals surface area contributed by atoms with Crippen molar-refractivity contribution < 1.29 is 19.1 Å². The Morgan fingerprint density at radius 1 is 1.29 bits per heavy atom. The topological polar surface area (TPSA) is 72.5 Å². The van der Waals surface area contributed by atoms with E-state index in [1.807, 2.05) is 0 Å². The van der Waals surface area contributed by atoms with E-state index in [0.29, 0.717) is 11.9 Å². The van der Waals surface area contributed by atoms with E-state index in [-0.39, 0.29) is 31.1 Å². The van der Waals surface area contributed by atoms with Crippen LogP contribution in [0.25, 0.3) is 0 Å².